The van der Waals surface area contributed by atoms with Gasteiger partial charge in [-0.3, -0.25) is 4.18 Å². The van der Waals surface area contributed by atoms with Crippen LogP contribution in [0, 0.1) is 0 Å². The van der Waals surface area contributed by atoms with Crippen LogP contribution in [0.4, 0.5) is 0 Å². The third-order valence-electron chi connectivity index (χ3n) is 2.12. The van der Waals surface area contributed by atoms with Gasteiger partial charge in [0.15, 0.2) is 0 Å². The van der Waals surface area contributed by atoms with Gasteiger partial charge in [0.05, 0.1) is 20.0 Å². The molecule has 0 aliphatic rings. The van der Waals surface area contributed by atoms with E-state index in [1.807, 2.05) is 0 Å². The lowest BCUT2D eigenvalue weighted by molar-refractivity contribution is 0.00972. The van der Waals surface area contributed by atoms with Crippen LogP contribution in [0.2, 0.25) is 0 Å². The molecule has 1 N–H and O–H groups in total. The molecule has 0 unspecified atom stereocenters. The summed E-state index contributed by atoms with van der Waals surface area (Å²) in [5.41, 5.74) is -0.982. The topological polar surface area (TPSA) is 85.7 Å². The van der Waals surface area contributed by atoms with Crippen LogP contribution >= 0.6 is 0 Å². The first-order chi connectivity index (χ1) is 7.74. The van der Waals surface area contributed by atoms with Gasteiger partial charge in [-0.15, -0.1) is 0 Å². The normalized spacial score (nSPS) is 15.3. The molecular weight excluding hydrogens is 246 g/mol. The fourth-order valence-electron chi connectivity index (χ4n) is 1.12. The summed E-state index contributed by atoms with van der Waals surface area (Å²) < 4.78 is 31.1. The summed E-state index contributed by atoms with van der Waals surface area (Å²) >= 11 is 0. The number of hydrogen-bond acceptors (Lipinski definition) is 6. The van der Waals surface area contributed by atoms with Gasteiger partial charge in [0.1, 0.15) is 5.60 Å². The van der Waals surface area contributed by atoms with Crippen molar-refractivity contribution in [2.45, 2.75) is 12.5 Å². The molecule has 7 heteroatoms. The molecule has 1 rings (SSSR count). The largest absolute Gasteiger partial charge is 0.481 e. The van der Waals surface area contributed by atoms with Crippen molar-refractivity contribution in [2.24, 2.45) is 0 Å². The first-order valence-corrected chi connectivity index (χ1v) is 6.63. The van der Waals surface area contributed by atoms with Crippen molar-refractivity contribution in [3.8, 4) is 5.88 Å². The first kappa shape index (κ1) is 13.9. The molecule has 0 radical (unpaired) electrons. The minimum atomic E-state index is -3.58. The summed E-state index contributed by atoms with van der Waals surface area (Å²) in [6, 6.07) is 3.17. The van der Waals surface area contributed by atoms with Gasteiger partial charge in [-0.1, -0.05) is 0 Å². The second-order valence-electron chi connectivity index (χ2n) is 3.83. The molecule has 0 bridgehead atoms. The number of pyridine rings is 1. The molecule has 0 aliphatic heterocycles. The number of methoxy groups -OCH3 is 1. The molecule has 17 heavy (non-hydrogen) atoms. The predicted octanol–water partition coefficient (Wildman–Crippen LogP) is 0.274. The molecule has 0 aliphatic carbocycles. The Morgan fingerprint density at radius 3 is 2.53 bits per heavy atom. The van der Waals surface area contributed by atoms with E-state index < -0.39 is 15.7 Å². The van der Waals surface area contributed by atoms with Gasteiger partial charge < -0.3 is 9.84 Å². The molecular formula is C10H15NO5S. The van der Waals surface area contributed by atoms with Crippen LogP contribution < -0.4 is 4.74 Å². The van der Waals surface area contributed by atoms with Gasteiger partial charge in [-0.05, 0) is 13.0 Å². The van der Waals surface area contributed by atoms with Crippen LogP contribution in [0.5, 0.6) is 5.88 Å². The monoisotopic (exact) mass is 261 g/mol. The summed E-state index contributed by atoms with van der Waals surface area (Å²) in [5.74, 6) is 0.411. The molecule has 0 saturated heterocycles. The molecule has 0 saturated carbocycles. The van der Waals surface area contributed by atoms with E-state index in [0.29, 0.717) is 11.4 Å². The highest BCUT2D eigenvalue weighted by Crippen LogP contribution is 2.22. The predicted molar refractivity (Wildman–Crippen MR) is 61.2 cm³/mol. The summed E-state index contributed by atoms with van der Waals surface area (Å²) in [6.07, 6.45) is 2.33. The third-order valence-corrected chi connectivity index (χ3v) is 2.67. The molecule has 0 aromatic carbocycles. The lowest BCUT2D eigenvalue weighted by Crippen LogP contribution is -2.29. The maximum Gasteiger partial charge on any atom is 0.264 e. The van der Waals surface area contributed by atoms with Crippen LogP contribution in [0.1, 0.15) is 12.5 Å². The summed E-state index contributed by atoms with van der Waals surface area (Å²) in [4.78, 5) is 3.92. The lowest BCUT2D eigenvalue weighted by Gasteiger charge is -2.22. The van der Waals surface area contributed by atoms with Crippen LogP contribution in [0.15, 0.2) is 18.3 Å². The maximum atomic E-state index is 10.8. The first-order valence-electron chi connectivity index (χ1n) is 4.82. The summed E-state index contributed by atoms with van der Waals surface area (Å²) in [5, 5.41) is 10.0. The Morgan fingerprint density at radius 2 is 2.12 bits per heavy atom. The van der Waals surface area contributed by atoms with Crippen LogP contribution in [0.3, 0.4) is 0 Å². The summed E-state index contributed by atoms with van der Waals surface area (Å²) in [7, 11) is -2.10. The molecule has 0 amide bonds. The average molecular weight is 261 g/mol. The Kier molecular flexibility index (Phi) is 4.07. The molecule has 6 nitrogen and oxygen atoms in total. The van der Waals surface area contributed by atoms with Crippen molar-refractivity contribution >= 4 is 10.1 Å². The van der Waals surface area contributed by atoms with E-state index in [1.165, 1.54) is 20.2 Å². The van der Waals surface area contributed by atoms with E-state index in [9.17, 15) is 13.5 Å². The quantitative estimate of drug-likeness (QED) is 0.766. The Balaban J connectivity index is 2.81. The van der Waals surface area contributed by atoms with Crippen molar-refractivity contribution < 1.29 is 22.4 Å². The number of aromatic nitrogens is 1. The molecule has 1 heterocycles. The molecule has 1 aromatic rings. The van der Waals surface area contributed by atoms with Gasteiger partial charge in [0.25, 0.3) is 10.1 Å². The number of ether oxygens (including phenoxy) is 1. The molecule has 96 valence electrons. The average Bonchev–Trinajstić information content (AvgIpc) is 2.26. The Morgan fingerprint density at radius 1 is 1.47 bits per heavy atom. The highest BCUT2D eigenvalue weighted by Gasteiger charge is 2.26. The van der Waals surface area contributed by atoms with Gasteiger partial charge >= 0.3 is 0 Å². The Labute approximate surface area is 100 Å². The third kappa shape index (κ3) is 4.29. The van der Waals surface area contributed by atoms with Gasteiger partial charge in [-0.25, -0.2) is 4.98 Å². The van der Waals surface area contributed by atoms with Crippen molar-refractivity contribution in [3.63, 3.8) is 0 Å². The number of hydrogen-bond donors (Lipinski definition) is 1. The van der Waals surface area contributed by atoms with Crippen LogP contribution in [0.25, 0.3) is 0 Å². The fraction of sp³-hybridized carbons (Fsp3) is 0.500. The van der Waals surface area contributed by atoms with Crippen LogP contribution in [-0.4, -0.2) is 38.5 Å². The van der Waals surface area contributed by atoms with E-state index in [1.54, 1.807) is 12.1 Å². The standard InChI is InChI=1S/C10H15NO5S/c1-10(12,7-16-17(3,13)14)8-4-5-9(15-2)11-6-8/h4-6,12H,7H2,1-3H3/t10-/m1/s1. The molecule has 1 atom stereocenters. The van der Waals surface area contributed by atoms with Crippen LogP contribution in [-0.2, 0) is 19.9 Å². The second kappa shape index (κ2) is 4.99. The van der Waals surface area contributed by atoms with E-state index >= 15 is 0 Å². The minimum Gasteiger partial charge on any atom is -0.481 e. The SMILES string of the molecule is COc1ccc([C@](C)(O)COS(C)(=O)=O)cn1. The van der Waals surface area contributed by atoms with E-state index in [2.05, 4.69) is 9.17 Å². The zero-order valence-corrected chi connectivity index (χ0v) is 10.7. The molecule has 1 aromatic heterocycles. The van der Waals surface area contributed by atoms with Gasteiger partial charge in [0.2, 0.25) is 5.88 Å². The van der Waals surface area contributed by atoms with Crippen molar-refractivity contribution in [1.82, 2.24) is 4.98 Å². The molecule has 0 spiro atoms. The van der Waals surface area contributed by atoms with E-state index in [-0.39, 0.29) is 6.61 Å². The zero-order chi connectivity index (χ0) is 13.1. The van der Waals surface area contributed by atoms with Gasteiger partial charge in [-0.2, -0.15) is 8.42 Å². The number of rotatable bonds is 5. The number of aliphatic hydroxyl groups is 1. The van der Waals surface area contributed by atoms with Crippen molar-refractivity contribution in [3.05, 3.63) is 23.9 Å². The van der Waals surface area contributed by atoms with E-state index in [4.69, 9.17) is 4.74 Å². The maximum absolute atomic E-state index is 10.8. The minimum absolute atomic E-state index is 0.361. The summed E-state index contributed by atoms with van der Waals surface area (Å²) in [6.45, 7) is 1.08. The Hall–Kier alpha value is -1.18. The van der Waals surface area contributed by atoms with Gasteiger partial charge in [0, 0.05) is 17.8 Å². The van der Waals surface area contributed by atoms with Crippen molar-refractivity contribution in [1.29, 1.82) is 0 Å². The van der Waals surface area contributed by atoms with Crippen molar-refractivity contribution in [2.75, 3.05) is 20.0 Å². The highest BCUT2D eigenvalue weighted by molar-refractivity contribution is 7.85. The smallest absolute Gasteiger partial charge is 0.264 e. The fourth-order valence-corrected chi connectivity index (χ4v) is 1.57. The Bertz CT molecular complexity index is 466. The molecule has 0 fully saturated rings. The highest BCUT2D eigenvalue weighted by atomic mass is 32.2. The number of nitrogens with zero attached hydrogens (tertiary/aromatic N) is 1. The second-order valence-corrected chi connectivity index (χ2v) is 5.47. The zero-order valence-electron chi connectivity index (χ0n) is 9.87. The lowest BCUT2D eigenvalue weighted by atomic mass is 9.99. The van der Waals surface area contributed by atoms with E-state index in [0.717, 1.165) is 6.26 Å².